The van der Waals surface area contributed by atoms with Gasteiger partial charge in [-0.15, -0.1) is 0 Å². The Kier molecular flexibility index (Phi) is 5.29. The van der Waals surface area contributed by atoms with E-state index >= 15 is 0 Å². The molecular weight excluding hydrogens is 330 g/mol. The van der Waals surface area contributed by atoms with Crippen LogP contribution in [0.2, 0.25) is 0 Å². The first kappa shape index (κ1) is 18.2. The highest BCUT2D eigenvalue weighted by Crippen LogP contribution is 2.48. The van der Waals surface area contributed by atoms with E-state index in [2.05, 4.69) is 84.4 Å². The number of anilines is 3. The SMILES string of the molecule is CCCCCCN1c2ccccc2NC2c3ccccc3N(CC(C)C)C21. The monoisotopic (exact) mass is 363 g/mol. The molecule has 0 saturated carbocycles. The Labute approximate surface area is 164 Å². The lowest BCUT2D eigenvalue weighted by Gasteiger charge is -2.46. The maximum atomic E-state index is 3.87. The van der Waals surface area contributed by atoms with Gasteiger partial charge in [0.15, 0.2) is 0 Å². The summed E-state index contributed by atoms with van der Waals surface area (Å²) in [5.74, 6) is 0.635. The molecule has 4 rings (SSSR count). The van der Waals surface area contributed by atoms with E-state index in [9.17, 15) is 0 Å². The number of nitrogens with one attached hydrogen (secondary N) is 1. The summed E-state index contributed by atoms with van der Waals surface area (Å²) in [4.78, 5) is 5.32. The van der Waals surface area contributed by atoms with Gasteiger partial charge in [0.2, 0.25) is 0 Å². The quantitative estimate of drug-likeness (QED) is 0.605. The highest BCUT2D eigenvalue weighted by Gasteiger charge is 2.45. The highest BCUT2D eigenvalue weighted by atomic mass is 15.4. The molecular formula is C24H33N3. The molecule has 0 aromatic heterocycles. The van der Waals surface area contributed by atoms with E-state index in [4.69, 9.17) is 0 Å². The first-order valence-corrected chi connectivity index (χ1v) is 10.7. The van der Waals surface area contributed by atoms with Crippen molar-refractivity contribution >= 4 is 17.1 Å². The summed E-state index contributed by atoms with van der Waals surface area (Å²) in [6.07, 6.45) is 5.56. The Bertz CT molecular complexity index is 770. The standard InChI is InChI=1S/C24H33N3/c1-4-5-6-11-16-26-22-15-10-8-13-20(22)25-23-19-12-7-9-14-21(19)27(24(23)26)17-18(2)3/h7-10,12-15,18,23-25H,4-6,11,16-17H2,1-3H3. The third-order valence-corrected chi connectivity index (χ3v) is 5.86. The molecule has 0 amide bonds. The van der Waals surface area contributed by atoms with E-state index in [-0.39, 0.29) is 0 Å². The van der Waals surface area contributed by atoms with Crippen molar-refractivity contribution in [1.82, 2.24) is 0 Å². The average Bonchev–Trinajstić information content (AvgIpc) is 2.98. The number of hydrogen-bond acceptors (Lipinski definition) is 3. The Balaban J connectivity index is 1.72. The van der Waals surface area contributed by atoms with Crippen LogP contribution in [0.15, 0.2) is 48.5 Å². The van der Waals surface area contributed by atoms with Crippen molar-refractivity contribution in [3.8, 4) is 0 Å². The first-order valence-electron chi connectivity index (χ1n) is 10.7. The van der Waals surface area contributed by atoms with E-state index < -0.39 is 0 Å². The lowest BCUT2D eigenvalue weighted by atomic mass is 10.0. The molecule has 2 aliphatic heterocycles. The summed E-state index contributed by atoms with van der Waals surface area (Å²) >= 11 is 0. The van der Waals surface area contributed by atoms with Crippen molar-refractivity contribution in [2.75, 3.05) is 28.2 Å². The molecule has 2 atom stereocenters. The number of unbranched alkanes of at least 4 members (excludes halogenated alkanes) is 3. The fourth-order valence-electron chi connectivity index (χ4n) is 4.71. The third-order valence-electron chi connectivity index (χ3n) is 5.86. The predicted molar refractivity (Wildman–Crippen MR) is 117 cm³/mol. The number of nitrogens with zero attached hydrogens (tertiary/aromatic N) is 2. The van der Waals surface area contributed by atoms with Crippen LogP contribution < -0.4 is 15.1 Å². The van der Waals surface area contributed by atoms with E-state index in [0.717, 1.165) is 13.1 Å². The minimum absolute atomic E-state index is 0.334. The van der Waals surface area contributed by atoms with Gasteiger partial charge in [-0.05, 0) is 30.5 Å². The summed E-state index contributed by atoms with van der Waals surface area (Å²) in [6, 6.07) is 18.2. The molecule has 0 spiro atoms. The maximum Gasteiger partial charge on any atom is 0.127 e. The van der Waals surface area contributed by atoms with Gasteiger partial charge in [0.25, 0.3) is 0 Å². The highest BCUT2D eigenvalue weighted by molar-refractivity contribution is 5.78. The zero-order valence-electron chi connectivity index (χ0n) is 17.0. The zero-order chi connectivity index (χ0) is 18.8. The van der Waals surface area contributed by atoms with E-state index in [0.29, 0.717) is 18.1 Å². The molecule has 144 valence electrons. The van der Waals surface area contributed by atoms with Crippen molar-refractivity contribution < 1.29 is 0 Å². The number of para-hydroxylation sites is 3. The summed E-state index contributed by atoms with van der Waals surface area (Å²) in [5, 5.41) is 3.87. The second-order valence-electron chi connectivity index (χ2n) is 8.41. The van der Waals surface area contributed by atoms with Gasteiger partial charge in [-0.25, -0.2) is 0 Å². The van der Waals surface area contributed by atoms with Crippen molar-refractivity contribution in [2.24, 2.45) is 5.92 Å². The number of rotatable bonds is 7. The lowest BCUT2D eigenvalue weighted by Crippen LogP contribution is -2.54. The predicted octanol–water partition coefficient (Wildman–Crippen LogP) is 6.04. The van der Waals surface area contributed by atoms with Gasteiger partial charge in [0.1, 0.15) is 6.17 Å². The van der Waals surface area contributed by atoms with Crippen LogP contribution in [0, 0.1) is 5.92 Å². The summed E-state index contributed by atoms with van der Waals surface area (Å²) < 4.78 is 0. The first-order chi connectivity index (χ1) is 13.2. The summed E-state index contributed by atoms with van der Waals surface area (Å²) in [5.41, 5.74) is 5.48. The van der Waals surface area contributed by atoms with E-state index in [1.54, 1.807) is 0 Å². The van der Waals surface area contributed by atoms with Crippen molar-refractivity contribution in [3.05, 3.63) is 54.1 Å². The van der Waals surface area contributed by atoms with Gasteiger partial charge in [-0.2, -0.15) is 0 Å². The number of benzene rings is 2. The molecule has 2 aliphatic rings. The second-order valence-corrected chi connectivity index (χ2v) is 8.41. The van der Waals surface area contributed by atoms with Crippen LogP contribution in [0.5, 0.6) is 0 Å². The fraction of sp³-hybridized carbons (Fsp3) is 0.500. The Morgan fingerprint density at radius 3 is 2.41 bits per heavy atom. The largest absolute Gasteiger partial charge is 0.373 e. The third kappa shape index (κ3) is 3.40. The molecule has 2 unspecified atom stereocenters. The van der Waals surface area contributed by atoms with Gasteiger partial charge in [0.05, 0.1) is 17.4 Å². The molecule has 3 nitrogen and oxygen atoms in total. The van der Waals surface area contributed by atoms with E-state index in [1.165, 1.54) is 48.3 Å². The lowest BCUT2D eigenvalue weighted by molar-refractivity contribution is 0.472. The number of hydrogen-bond donors (Lipinski definition) is 1. The molecule has 0 radical (unpaired) electrons. The molecule has 1 N–H and O–H groups in total. The van der Waals surface area contributed by atoms with Crippen LogP contribution in [-0.2, 0) is 0 Å². The van der Waals surface area contributed by atoms with Gasteiger partial charge in [-0.1, -0.05) is 70.4 Å². The van der Waals surface area contributed by atoms with Crippen LogP contribution in [0.25, 0.3) is 0 Å². The summed E-state index contributed by atoms with van der Waals surface area (Å²) in [7, 11) is 0. The smallest absolute Gasteiger partial charge is 0.127 e. The van der Waals surface area contributed by atoms with Gasteiger partial charge >= 0.3 is 0 Å². The van der Waals surface area contributed by atoms with Gasteiger partial charge < -0.3 is 15.1 Å². The van der Waals surface area contributed by atoms with Crippen LogP contribution >= 0.6 is 0 Å². The van der Waals surface area contributed by atoms with Gasteiger partial charge in [-0.3, -0.25) is 0 Å². The van der Waals surface area contributed by atoms with Crippen molar-refractivity contribution in [1.29, 1.82) is 0 Å². The Morgan fingerprint density at radius 1 is 0.889 bits per heavy atom. The van der Waals surface area contributed by atoms with Crippen LogP contribution in [0.1, 0.15) is 58.1 Å². The number of fused-ring (bicyclic) bond motifs is 4. The minimum atomic E-state index is 0.334. The zero-order valence-corrected chi connectivity index (χ0v) is 17.0. The van der Waals surface area contributed by atoms with Crippen molar-refractivity contribution in [2.45, 2.75) is 58.7 Å². The van der Waals surface area contributed by atoms with Crippen molar-refractivity contribution in [3.63, 3.8) is 0 Å². The molecule has 2 heterocycles. The molecule has 0 bridgehead atoms. The molecule has 0 aliphatic carbocycles. The molecule has 27 heavy (non-hydrogen) atoms. The van der Waals surface area contributed by atoms with Crippen LogP contribution in [-0.4, -0.2) is 19.3 Å². The molecule has 3 heteroatoms. The summed E-state index contributed by atoms with van der Waals surface area (Å²) in [6.45, 7) is 9.15. The Morgan fingerprint density at radius 2 is 1.63 bits per heavy atom. The maximum absolute atomic E-state index is 3.87. The topological polar surface area (TPSA) is 18.5 Å². The normalized spacial score (nSPS) is 20.3. The molecule has 2 aromatic rings. The minimum Gasteiger partial charge on any atom is -0.373 e. The van der Waals surface area contributed by atoms with Gasteiger partial charge in [0, 0.05) is 24.3 Å². The van der Waals surface area contributed by atoms with Crippen LogP contribution in [0.3, 0.4) is 0 Å². The second kappa shape index (κ2) is 7.84. The molecule has 0 saturated heterocycles. The Hall–Kier alpha value is -2.16. The van der Waals surface area contributed by atoms with E-state index in [1.807, 2.05) is 0 Å². The average molecular weight is 364 g/mol. The molecule has 0 fully saturated rings. The van der Waals surface area contributed by atoms with Crippen LogP contribution in [0.4, 0.5) is 17.1 Å². The molecule has 2 aromatic carbocycles. The fourth-order valence-corrected chi connectivity index (χ4v) is 4.71.